The molecule has 0 aliphatic heterocycles. The van der Waals surface area contributed by atoms with Crippen molar-refractivity contribution in [1.82, 2.24) is 4.98 Å². The highest BCUT2D eigenvalue weighted by Gasteiger charge is 2.13. The molecule has 0 spiro atoms. The highest BCUT2D eigenvalue weighted by atomic mass is 32.1. The van der Waals surface area contributed by atoms with E-state index >= 15 is 0 Å². The molecule has 0 N–H and O–H groups in total. The zero-order valence-corrected chi connectivity index (χ0v) is 16.0. The van der Waals surface area contributed by atoms with Gasteiger partial charge in [-0.05, 0) is 36.4 Å². The Kier molecular flexibility index (Phi) is 5.74. The van der Waals surface area contributed by atoms with E-state index in [0.29, 0.717) is 22.1 Å². The largest absolute Gasteiger partial charge is 0.497 e. The first-order chi connectivity index (χ1) is 13.2. The van der Waals surface area contributed by atoms with Crippen LogP contribution in [0.1, 0.15) is 10.6 Å². The first kappa shape index (κ1) is 18.5. The van der Waals surface area contributed by atoms with Gasteiger partial charge in [0.1, 0.15) is 16.8 Å². The predicted octanol–water partition coefficient (Wildman–Crippen LogP) is 4.90. The summed E-state index contributed by atoms with van der Waals surface area (Å²) in [6.45, 7) is 0. The minimum atomic E-state index is 0.464. The quantitative estimate of drug-likeness (QED) is 0.571. The van der Waals surface area contributed by atoms with Gasteiger partial charge in [-0.15, -0.1) is 11.3 Å². The van der Waals surface area contributed by atoms with Crippen molar-refractivity contribution in [1.29, 1.82) is 5.26 Å². The average Bonchev–Trinajstić information content (AvgIpc) is 3.21. The lowest BCUT2D eigenvalue weighted by molar-refractivity contribution is 0.354. The van der Waals surface area contributed by atoms with Gasteiger partial charge < -0.3 is 14.2 Å². The van der Waals surface area contributed by atoms with Crippen LogP contribution in [0.2, 0.25) is 0 Å². The SMILES string of the molecule is COc1ccc(-c2csc(/C(C#N)=C\c3cccc(OC)c3OC)n2)cc1. The van der Waals surface area contributed by atoms with Gasteiger partial charge in [0.15, 0.2) is 11.5 Å². The molecule has 0 aliphatic carbocycles. The number of rotatable bonds is 6. The fourth-order valence-electron chi connectivity index (χ4n) is 2.61. The summed E-state index contributed by atoms with van der Waals surface area (Å²) in [6.07, 6.45) is 1.76. The number of aromatic nitrogens is 1. The standard InChI is InChI=1S/C21H18N2O3S/c1-24-17-9-7-14(8-10-17)18-13-27-21(23-18)16(12-22)11-15-5-4-6-19(25-2)20(15)26-3/h4-11,13H,1-3H3/b16-11-. The van der Waals surface area contributed by atoms with Crippen molar-refractivity contribution in [3.63, 3.8) is 0 Å². The number of ether oxygens (including phenoxy) is 3. The predicted molar refractivity (Wildman–Crippen MR) is 107 cm³/mol. The highest BCUT2D eigenvalue weighted by molar-refractivity contribution is 7.11. The van der Waals surface area contributed by atoms with Gasteiger partial charge in [0, 0.05) is 16.5 Å². The molecular weight excluding hydrogens is 360 g/mol. The number of para-hydroxylation sites is 1. The van der Waals surface area contributed by atoms with Crippen LogP contribution in [-0.4, -0.2) is 26.3 Å². The molecule has 0 saturated carbocycles. The van der Waals surface area contributed by atoms with Gasteiger partial charge in [-0.3, -0.25) is 0 Å². The lowest BCUT2D eigenvalue weighted by atomic mass is 10.1. The Bertz CT molecular complexity index is 1000. The molecule has 0 amide bonds. The van der Waals surface area contributed by atoms with Crippen molar-refractivity contribution in [2.75, 3.05) is 21.3 Å². The summed E-state index contributed by atoms with van der Waals surface area (Å²) in [4.78, 5) is 4.62. The molecule has 3 rings (SSSR count). The van der Waals surface area contributed by atoms with Crippen LogP contribution in [0.15, 0.2) is 47.8 Å². The molecule has 5 nitrogen and oxygen atoms in total. The molecule has 0 saturated heterocycles. The summed E-state index contributed by atoms with van der Waals surface area (Å²) in [6, 6.07) is 15.4. The van der Waals surface area contributed by atoms with E-state index in [1.165, 1.54) is 11.3 Å². The summed E-state index contributed by atoms with van der Waals surface area (Å²) in [7, 11) is 4.79. The molecule has 6 heteroatoms. The number of hydrogen-bond acceptors (Lipinski definition) is 6. The third-order valence-electron chi connectivity index (χ3n) is 3.97. The van der Waals surface area contributed by atoms with E-state index < -0.39 is 0 Å². The van der Waals surface area contributed by atoms with E-state index in [1.807, 2.05) is 47.8 Å². The Morgan fingerprint density at radius 3 is 2.44 bits per heavy atom. The average molecular weight is 378 g/mol. The molecule has 0 aliphatic rings. The number of nitrogens with zero attached hydrogens (tertiary/aromatic N) is 2. The molecule has 27 heavy (non-hydrogen) atoms. The van der Waals surface area contributed by atoms with Crippen molar-refractivity contribution in [2.45, 2.75) is 0 Å². The van der Waals surface area contributed by atoms with Crippen molar-refractivity contribution in [2.24, 2.45) is 0 Å². The second-order valence-electron chi connectivity index (χ2n) is 5.52. The fourth-order valence-corrected chi connectivity index (χ4v) is 3.41. The Morgan fingerprint density at radius 1 is 1.04 bits per heavy atom. The monoisotopic (exact) mass is 378 g/mol. The maximum atomic E-state index is 9.64. The van der Waals surface area contributed by atoms with Crippen LogP contribution < -0.4 is 14.2 Å². The molecule has 0 unspecified atom stereocenters. The highest BCUT2D eigenvalue weighted by Crippen LogP contribution is 2.34. The Hall–Kier alpha value is -3.30. The van der Waals surface area contributed by atoms with E-state index in [-0.39, 0.29) is 0 Å². The summed E-state index contributed by atoms with van der Waals surface area (Å²) in [5.41, 5.74) is 3.01. The van der Waals surface area contributed by atoms with Gasteiger partial charge in [0.2, 0.25) is 0 Å². The summed E-state index contributed by atoms with van der Waals surface area (Å²) < 4.78 is 15.9. The summed E-state index contributed by atoms with van der Waals surface area (Å²) in [5, 5.41) is 12.2. The zero-order chi connectivity index (χ0) is 19.2. The molecule has 1 heterocycles. The van der Waals surface area contributed by atoms with Gasteiger partial charge in [0.05, 0.1) is 32.6 Å². The van der Waals surface area contributed by atoms with E-state index in [2.05, 4.69) is 11.1 Å². The van der Waals surface area contributed by atoms with Gasteiger partial charge in [-0.1, -0.05) is 12.1 Å². The molecule has 0 fully saturated rings. The molecule has 0 radical (unpaired) electrons. The molecule has 1 aromatic heterocycles. The van der Waals surface area contributed by atoms with Crippen LogP contribution in [0.3, 0.4) is 0 Å². The van der Waals surface area contributed by atoms with Crippen molar-refractivity contribution >= 4 is 23.0 Å². The van der Waals surface area contributed by atoms with Crippen LogP contribution in [0.4, 0.5) is 0 Å². The minimum Gasteiger partial charge on any atom is -0.497 e. The van der Waals surface area contributed by atoms with Gasteiger partial charge >= 0.3 is 0 Å². The Morgan fingerprint density at radius 2 is 1.81 bits per heavy atom. The number of benzene rings is 2. The third kappa shape index (κ3) is 3.94. The zero-order valence-electron chi connectivity index (χ0n) is 15.2. The molecule has 2 aromatic carbocycles. The number of methoxy groups -OCH3 is 3. The van der Waals surface area contributed by atoms with Crippen LogP contribution in [0.25, 0.3) is 22.9 Å². The lowest BCUT2D eigenvalue weighted by Crippen LogP contribution is -1.93. The summed E-state index contributed by atoms with van der Waals surface area (Å²) in [5.74, 6) is 1.98. The van der Waals surface area contributed by atoms with Gasteiger partial charge in [0.25, 0.3) is 0 Å². The molecule has 136 valence electrons. The maximum Gasteiger partial charge on any atom is 0.167 e. The number of allylic oxidation sites excluding steroid dienone is 1. The smallest absolute Gasteiger partial charge is 0.167 e. The number of thiazole rings is 1. The second kappa shape index (κ2) is 8.39. The number of hydrogen-bond donors (Lipinski definition) is 0. The summed E-state index contributed by atoms with van der Waals surface area (Å²) >= 11 is 1.42. The Labute approximate surface area is 162 Å². The topological polar surface area (TPSA) is 64.4 Å². The normalized spacial score (nSPS) is 11.0. The Balaban J connectivity index is 1.96. The molecule has 0 atom stereocenters. The lowest BCUT2D eigenvalue weighted by Gasteiger charge is -2.10. The molecule has 3 aromatic rings. The molecular formula is C21H18N2O3S. The van der Waals surface area contributed by atoms with Crippen molar-refractivity contribution < 1.29 is 14.2 Å². The third-order valence-corrected chi connectivity index (χ3v) is 4.85. The first-order valence-corrected chi connectivity index (χ1v) is 9.01. The van der Waals surface area contributed by atoms with Gasteiger partial charge in [-0.25, -0.2) is 4.98 Å². The first-order valence-electron chi connectivity index (χ1n) is 8.13. The fraction of sp³-hybridized carbons (Fsp3) is 0.143. The van der Waals surface area contributed by atoms with E-state index in [1.54, 1.807) is 27.4 Å². The van der Waals surface area contributed by atoms with E-state index in [9.17, 15) is 5.26 Å². The van der Waals surface area contributed by atoms with Crippen LogP contribution in [0.5, 0.6) is 17.2 Å². The van der Waals surface area contributed by atoms with Crippen molar-refractivity contribution in [3.8, 4) is 34.6 Å². The maximum absolute atomic E-state index is 9.64. The number of nitriles is 1. The van der Waals surface area contributed by atoms with E-state index in [4.69, 9.17) is 14.2 Å². The van der Waals surface area contributed by atoms with Crippen molar-refractivity contribution in [3.05, 3.63) is 58.4 Å². The minimum absolute atomic E-state index is 0.464. The van der Waals surface area contributed by atoms with Gasteiger partial charge in [-0.2, -0.15) is 5.26 Å². The van der Waals surface area contributed by atoms with Crippen LogP contribution in [-0.2, 0) is 0 Å². The van der Waals surface area contributed by atoms with E-state index in [0.717, 1.165) is 22.6 Å². The van der Waals surface area contributed by atoms with Crippen LogP contribution >= 0.6 is 11.3 Å². The van der Waals surface area contributed by atoms with Crippen LogP contribution in [0, 0.1) is 11.3 Å². The molecule has 0 bridgehead atoms. The second-order valence-corrected chi connectivity index (χ2v) is 6.38.